The van der Waals surface area contributed by atoms with E-state index < -0.39 is 0 Å². The fourth-order valence-corrected chi connectivity index (χ4v) is 2.63. The number of halogens is 1. The molecule has 0 amide bonds. The van der Waals surface area contributed by atoms with E-state index in [0.29, 0.717) is 6.54 Å². The average molecular weight is 268 g/mol. The lowest BCUT2D eigenvalue weighted by molar-refractivity contribution is 0.871. The Kier molecular flexibility index (Phi) is 4.48. The standard InChI is InChI=1S/C12H14ClN3S/c13-10-3-1-2-9(8-10)4-5-11-15-16-12(17-11)6-7-14/h1-3,8H,4-7,14H2. The Morgan fingerprint density at radius 1 is 1.12 bits per heavy atom. The lowest BCUT2D eigenvalue weighted by atomic mass is 10.1. The molecule has 0 aliphatic rings. The Bertz CT molecular complexity index is 484. The molecule has 2 aromatic rings. The number of nitrogens with two attached hydrogens (primary N) is 1. The van der Waals surface area contributed by atoms with Gasteiger partial charge < -0.3 is 5.73 Å². The highest BCUT2D eigenvalue weighted by atomic mass is 35.5. The first kappa shape index (κ1) is 12.5. The minimum Gasteiger partial charge on any atom is -0.330 e. The summed E-state index contributed by atoms with van der Waals surface area (Å²) in [7, 11) is 0. The first-order valence-electron chi connectivity index (χ1n) is 5.53. The van der Waals surface area contributed by atoms with Gasteiger partial charge in [-0.3, -0.25) is 0 Å². The van der Waals surface area contributed by atoms with Crippen LogP contribution < -0.4 is 5.73 Å². The zero-order valence-electron chi connectivity index (χ0n) is 9.40. The van der Waals surface area contributed by atoms with Gasteiger partial charge in [0, 0.05) is 17.9 Å². The van der Waals surface area contributed by atoms with E-state index in [2.05, 4.69) is 16.3 Å². The Morgan fingerprint density at radius 2 is 1.88 bits per heavy atom. The minimum atomic E-state index is 0.628. The van der Waals surface area contributed by atoms with E-state index in [1.54, 1.807) is 11.3 Å². The van der Waals surface area contributed by atoms with Crippen molar-refractivity contribution in [1.29, 1.82) is 0 Å². The Hall–Kier alpha value is -0.970. The SMILES string of the molecule is NCCc1nnc(CCc2cccc(Cl)c2)s1. The summed E-state index contributed by atoms with van der Waals surface area (Å²) in [6.07, 6.45) is 2.66. The molecule has 5 heteroatoms. The maximum Gasteiger partial charge on any atom is 0.118 e. The first-order chi connectivity index (χ1) is 8.28. The van der Waals surface area contributed by atoms with Gasteiger partial charge in [0.05, 0.1) is 0 Å². The summed E-state index contributed by atoms with van der Waals surface area (Å²) in [5, 5.41) is 11.1. The third-order valence-electron chi connectivity index (χ3n) is 2.38. The number of benzene rings is 1. The number of hydrogen-bond acceptors (Lipinski definition) is 4. The molecule has 0 saturated heterocycles. The van der Waals surface area contributed by atoms with Crippen LogP contribution in [0.1, 0.15) is 15.6 Å². The van der Waals surface area contributed by atoms with Gasteiger partial charge in [-0.25, -0.2) is 0 Å². The van der Waals surface area contributed by atoms with E-state index >= 15 is 0 Å². The van der Waals surface area contributed by atoms with E-state index in [9.17, 15) is 0 Å². The van der Waals surface area contributed by atoms with Crippen molar-refractivity contribution in [1.82, 2.24) is 10.2 Å². The molecule has 1 aromatic heterocycles. The number of rotatable bonds is 5. The Morgan fingerprint density at radius 3 is 2.59 bits per heavy atom. The van der Waals surface area contributed by atoms with Gasteiger partial charge in [0.1, 0.15) is 10.0 Å². The van der Waals surface area contributed by atoms with Gasteiger partial charge in [0.25, 0.3) is 0 Å². The molecule has 1 heterocycles. The van der Waals surface area contributed by atoms with Crippen LogP contribution in [0.25, 0.3) is 0 Å². The molecule has 0 spiro atoms. The summed E-state index contributed by atoms with van der Waals surface area (Å²) in [5.74, 6) is 0. The fraction of sp³-hybridized carbons (Fsp3) is 0.333. The predicted octanol–water partition coefficient (Wildman–Crippen LogP) is 2.48. The van der Waals surface area contributed by atoms with E-state index in [1.165, 1.54) is 5.56 Å². The van der Waals surface area contributed by atoms with Crippen molar-refractivity contribution in [2.45, 2.75) is 19.3 Å². The van der Waals surface area contributed by atoms with E-state index in [-0.39, 0.29) is 0 Å². The minimum absolute atomic E-state index is 0.628. The Labute approximate surface area is 110 Å². The summed E-state index contributed by atoms with van der Waals surface area (Å²) in [4.78, 5) is 0. The van der Waals surface area contributed by atoms with Gasteiger partial charge in [0.15, 0.2) is 0 Å². The van der Waals surface area contributed by atoms with Crippen molar-refractivity contribution in [3.05, 3.63) is 44.9 Å². The van der Waals surface area contributed by atoms with Gasteiger partial charge in [0.2, 0.25) is 0 Å². The van der Waals surface area contributed by atoms with Crippen molar-refractivity contribution in [3.63, 3.8) is 0 Å². The van der Waals surface area contributed by atoms with Gasteiger partial charge in [-0.05, 0) is 30.7 Å². The third-order valence-corrected chi connectivity index (χ3v) is 3.66. The second kappa shape index (κ2) is 6.10. The molecule has 0 aliphatic heterocycles. The van der Waals surface area contributed by atoms with E-state index in [0.717, 1.165) is 34.3 Å². The van der Waals surface area contributed by atoms with Gasteiger partial charge in [-0.2, -0.15) is 0 Å². The van der Waals surface area contributed by atoms with Crippen LogP contribution in [0.2, 0.25) is 5.02 Å². The molecule has 0 bridgehead atoms. The molecule has 1 aromatic carbocycles. The highest BCUT2D eigenvalue weighted by Crippen LogP contribution is 2.15. The normalized spacial score (nSPS) is 10.7. The first-order valence-corrected chi connectivity index (χ1v) is 6.73. The average Bonchev–Trinajstić information content (AvgIpc) is 2.75. The van der Waals surface area contributed by atoms with Crippen LogP contribution >= 0.6 is 22.9 Å². The largest absolute Gasteiger partial charge is 0.330 e. The lowest BCUT2D eigenvalue weighted by Gasteiger charge is -1.98. The molecule has 0 unspecified atom stereocenters. The molecule has 2 rings (SSSR count). The third kappa shape index (κ3) is 3.77. The van der Waals surface area contributed by atoms with Crippen LogP contribution in [0.3, 0.4) is 0 Å². The molecule has 0 aliphatic carbocycles. The Balaban J connectivity index is 1.93. The molecule has 0 radical (unpaired) electrons. The smallest absolute Gasteiger partial charge is 0.118 e. The molecule has 3 nitrogen and oxygen atoms in total. The molecular formula is C12H14ClN3S. The van der Waals surface area contributed by atoms with Crippen molar-refractivity contribution in [2.75, 3.05) is 6.54 Å². The number of aromatic nitrogens is 2. The second-order valence-electron chi connectivity index (χ2n) is 3.76. The fourth-order valence-electron chi connectivity index (χ4n) is 1.56. The zero-order chi connectivity index (χ0) is 12.1. The number of aryl methyl sites for hydroxylation is 2. The zero-order valence-corrected chi connectivity index (χ0v) is 11.0. The van der Waals surface area contributed by atoms with Crippen molar-refractivity contribution in [3.8, 4) is 0 Å². The summed E-state index contributed by atoms with van der Waals surface area (Å²) >= 11 is 7.58. The molecule has 90 valence electrons. The molecule has 17 heavy (non-hydrogen) atoms. The summed E-state index contributed by atoms with van der Waals surface area (Å²) in [5.41, 5.74) is 6.71. The predicted molar refractivity (Wildman–Crippen MR) is 71.5 cm³/mol. The molecule has 0 fully saturated rings. The van der Waals surface area contributed by atoms with E-state index in [4.69, 9.17) is 17.3 Å². The van der Waals surface area contributed by atoms with Crippen LogP contribution in [0.5, 0.6) is 0 Å². The molecule has 0 saturated carbocycles. The van der Waals surface area contributed by atoms with E-state index in [1.807, 2.05) is 18.2 Å². The van der Waals surface area contributed by atoms with Crippen LogP contribution in [0.4, 0.5) is 0 Å². The summed E-state index contributed by atoms with van der Waals surface area (Å²) < 4.78 is 0. The molecule has 0 atom stereocenters. The van der Waals surface area contributed by atoms with Gasteiger partial charge >= 0.3 is 0 Å². The van der Waals surface area contributed by atoms with Crippen LogP contribution in [-0.2, 0) is 19.3 Å². The van der Waals surface area contributed by atoms with Gasteiger partial charge in [-0.1, -0.05) is 23.7 Å². The number of hydrogen-bond donors (Lipinski definition) is 1. The van der Waals surface area contributed by atoms with Crippen molar-refractivity contribution in [2.24, 2.45) is 5.73 Å². The summed E-state index contributed by atoms with van der Waals surface area (Å²) in [6.45, 7) is 0.628. The molecular weight excluding hydrogens is 254 g/mol. The van der Waals surface area contributed by atoms with Crippen LogP contribution in [0, 0.1) is 0 Å². The monoisotopic (exact) mass is 267 g/mol. The summed E-state index contributed by atoms with van der Waals surface area (Å²) in [6, 6.07) is 7.92. The topological polar surface area (TPSA) is 51.8 Å². The highest BCUT2D eigenvalue weighted by Gasteiger charge is 2.04. The maximum absolute atomic E-state index is 5.93. The highest BCUT2D eigenvalue weighted by molar-refractivity contribution is 7.11. The molecule has 2 N–H and O–H groups in total. The lowest BCUT2D eigenvalue weighted by Crippen LogP contribution is -2.01. The van der Waals surface area contributed by atoms with Crippen molar-refractivity contribution >= 4 is 22.9 Å². The van der Waals surface area contributed by atoms with Crippen molar-refractivity contribution < 1.29 is 0 Å². The van der Waals surface area contributed by atoms with Crippen LogP contribution in [0.15, 0.2) is 24.3 Å². The second-order valence-corrected chi connectivity index (χ2v) is 5.34. The van der Waals surface area contributed by atoms with Gasteiger partial charge in [-0.15, -0.1) is 21.5 Å². The quantitative estimate of drug-likeness (QED) is 0.906. The van der Waals surface area contributed by atoms with Crippen LogP contribution in [-0.4, -0.2) is 16.7 Å². The number of nitrogens with zero attached hydrogens (tertiary/aromatic N) is 2. The maximum atomic E-state index is 5.93.